The molecular weight excluding hydrogens is 326 g/mol. The van der Waals surface area contributed by atoms with E-state index in [1.807, 2.05) is 17.0 Å². The fourth-order valence-electron chi connectivity index (χ4n) is 3.94. The third kappa shape index (κ3) is 3.32. The van der Waals surface area contributed by atoms with Gasteiger partial charge >= 0.3 is 0 Å². The minimum Gasteiger partial charge on any atom is -0.333 e. The molecule has 2 saturated heterocycles. The Morgan fingerprint density at radius 1 is 1.25 bits per heavy atom. The smallest absolute Gasteiger partial charge is 0.223 e. The number of sulfonamides is 1. The summed E-state index contributed by atoms with van der Waals surface area (Å²) in [5.74, 6) is 0.309. The highest BCUT2D eigenvalue weighted by molar-refractivity contribution is 7.89. The molecule has 1 unspecified atom stereocenters. The average molecular weight is 351 g/mol. The largest absolute Gasteiger partial charge is 0.333 e. The Morgan fingerprint density at radius 2 is 2.08 bits per heavy atom. The highest BCUT2D eigenvalue weighted by atomic mass is 32.2. The van der Waals surface area contributed by atoms with Gasteiger partial charge in [-0.2, -0.15) is 0 Å². The Balaban J connectivity index is 1.79. The van der Waals surface area contributed by atoms with Crippen LogP contribution in [0.5, 0.6) is 0 Å². The molecule has 0 aliphatic carbocycles. The Labute approximate surface area is 143 Å². The van der Waals surface area contributed by atoms with Crippen LogP contribution in [0.1, 0.15) is 44.6 Å². The molecule has 0 bridgehead atoms. The van der Waals surface area contributed by atoms with Crippen LogP contribution in [0.25, 0.3) is 0 Å². The number of nitrogens with zero attached hydrogens (tertiary/aromatic N) is 3. The lowest BCUT2D eigenvalue weighted by Gasteiger charge is -2.38. The summed E-state index contributed by atoms with van der Waals surface area (Å²) in [6.45, 7) is 3.32. The lowest BCUT2D eigenvalue weighted by Crippen LogP contribution is -2.46. The fourth-order valence-corrected chi connectivity index (χ4v) is 5.08. The van der Waals surface area contributed by atoms with Gasteiger partial charge < -0.3 is 4.90 Å². The topological polar surface area (TPSA) is 70.6 Å². The number of carbonyl (C=O) groups excluding carboxylic acids is 1. The van der Waals surface area contributed by atoms with E-state index in [0.717, 1.165) is 31.2 Å². The van der Waals surface area contributed by atoms with Gasteiger partial charge in [-0.3, -0.25) is 9.78 Å². The second-order valence-corrected chi connectivity index (χ2v) is 8.98. The van der Waals surface area contributed by atoms with Crippen LogP contribution in [0, 0.1) is 0 Å². The number of carbonyl (C=O) groups is 1. The maximum absolute atomic E-state index is 12.5. The van der Waals surface area contributed by atoms with Gasteiger partial charge in [0.25, 0.3) is 0 Å². The number of rotatable bonds is 4. The van der Waals surface area contributed by atoms with E-state index < -0.39 is 10.0 Å². The van der Waals surface area contributed by atoms with Crippen molar-refractivity contribution in [1.82, 2.24) is 14.2 Å². The molecule has 1 aromatic rings. The first kappa shape index (κ1) is 17.4. The molecule has 1 aromatic heterocycles. The standard InChI is InChI=1S/C17H25N3O3S/c1-2-24(22,23)19-11-4-7-17(9-12-19)8-6-16(21)20(17)14-15-5-3-10-18-13-15/h3,5,10,13H,2,4,6-9,11-12,14H2,1H3. The Morgan fingerprint density at radius 3 is 2.79 bits per heavy atom. The molecule has 1 amide bonds. The van der Waals surface area contributed by atoms with Gasteiger partial charge in [-0.05, 0) is 44.2 Å². The maximum atomic E-state index is 12.5. The molecule has 0 radical (unpaired) electrons. The molecule has 2 aliphatic rings. The van der Waals surface area contributed by atoms with E-state index >= 15 is 0 Å². The zero-order valence-corrected chi connectivity index (χ0v) is 15.0. The molecule has 3 heterocycles. The number of aromatic nitrogens is 1. The van der Waals surface area contributed by atoms with Gasteiger partial charge in [0, 0.05) is 44.0 Å². The predicted molar refractivity (Wildman–Crippen MR) is 91.6 cm³/mol. The monoisotopic (exact) mass is 351 g/mol. The van der Waals surface area contributed by atoms with Gasteiger partial charge in [0.2, 0.25) is 15.9 Å². The summed E-state index contributed by atoms with van der Waals surface area (Å²) in [7, 11) is -3.16. The Hall–Kier alpha value is -1.47. The van der Waals surface area contributed by atoms with Crippen LogP contribution in [0.4, 0.5) is 0 Å². The van der Waals surface area contributed by atoms with Gasteiger partial charge in [-0.1, -0.05) is 6.07 Å². The number of hydrogen-bond acceptors (Lipinski definition) is 4. The summed E-state index contributed by atoms with van der Waals surface area (Å²) in [5, 5.41) is 0. The summed E-state index contributed by atoms with van der Waals surface area (Å²) < 4.78 is 26.0. The summed E-state index contributed by atoms with van der Waals surface area (Å²) in [6.07, 6.45) is 7.30. The van der Waals surface area contributed by atoms with E-state index in [1.54, 1.807) is 23.6 Å². The third-order valence-electron chi connectivity index (χ3n) is 5.38. The van der Waals surface area contributed by atoms with Crippen LogP contribution in [0.15, 0.2) is 24.5 Å². The van der Waals surface area contributed by atoms with Crippen LogP contribution in [0.2, 0.25) is 0 Å². The van der Waals surface area contributed by atoms with Crippen LogP contribution >= 0.6 is 0 Å². The molecule has 3 rings (SSSR count). The first-order valence-corrected chi connectivity index (χ1v) is 10.2. The van der Waals surface area contributed by atoms with E-state index in [0.29, 0.717) is 26.1 Å². The van der Waals surface area contributed by atoms with Gasteiger partial charge in [-0.25, -0.2) is 12.7 Å². The zero-order valence-electron chi connectivity index (χ0n) is 14.1. The van der Waals surface area contributed by atoms with Crippen molar-refractivity contribution in [1.29, 1.82) is 0 Å². The normalized spacial score (nSPS) is 26.0. The van der Waals surface area contributed by atoms with Gasteiger partial charge in [-0.15, -0.1) is 0 Å². The molecule has 132 valence electrons. The number of likely N-dealkylation sites (tertiary alicyclic amines) is 1. The van der Waals surface area contributed by atoms with Crippen molar-refractivity contribution in [2.45, 2.75) is 51.1 Å². The van der Waals surface area contributed by atoms with E-state index in [2.05, 4.69) is 4.98 Å². The van der Waals surface area contributed by atoms with Crippen molar-refractivity contribution in [3.8, 4) is 0 Å². The molecule has 6 nitrogen and oxygen atoms in total. The summed E-state index contributed by atoms with van der Waals surface area (Å²) in [4.78, 5) is 18.6. The number of amides is 1. The third-order valence-corrected chi connectivity index (χ3v) is 7.26. The van der Waals surface area contributed by atoms with Crippen molar-refractivity contribution >= 4 is 15.9 Å². The van der Waals surface area contributed by atoms with E-state index in [4.69, 9.17) is 0 Å². The Bertz CT molecular complexity index is 692. The van der Waals surface area contributed by atoms with Gasteiger partial charge in [0.05, 0.1) is 5.75 Å². The minimum absolute atomic E-state index is 0.137. The van der Waals surface area contributed by atoms with E-state index in [9.17, 15) is 13.2 Å². The molecule has 1 spiro atoms. The highest BCUT2D eigenvalue weighted by Crippen LogP contribution is 2.40. The van der Waals surface area contributed by atoms with Crippen molar-refractivity contribution in [3.63, 3.8) is 0 Å². The molecule has 0 aromatic carbocycles. The molecule has 24 heavy (non-hydrogen) atoms. The van der Waals surface area contributed by atoms with Crippen molar-refractivity contribution < 1.29 is 13.2 Å². The van der Waals surface area contributed by atoms with Gasteiger partial charge in [0.1, 0.15) is 0 Å². The quantitative estimate of drug-likeness (QED) is 0.829. The molecule has 2 aliphatic heterocycles. The Kier molecular flexibility index (Phi) is 4.92. The summed E-state index contributed by atoms with van der Waals surface area (Å²) >= 11 is 0. The lowest BCUT2D eigenvalue weighted by atomic mass is 9.87. The van der Waals surface area contributed by atoms with Crippen LogP contribution < -0.4 is 0 Å². The van der Waals surface area contributed by atoms with Crippen LogP contribution in [-0.2, 0) is 21.4 Å². The van der Waals surface area contributed by atoms with E-state index in [-0.39, 0.29) is 17.2 Å². The zero-order chi connectivity index (χ0) is 17.2. The van der Waals surface area contributed by atoms with Crippen molar-refractivity contribution in [3.05, 3.63) is 30.1 Å². The average Bonchev–Trinajstić information content (AvgIpc) is 2.77. The van der Waals surface area contributed by atoms with Crippen LogP contribution in [0.3, 0.4) is 0 Å². The summed E-state index contributed by atoms with van der Waals surface area (Å²) in [6, 6.07) is 3.86. The molecule has 0 N–H and O–H groups in total. The van der Waals surface area contributed by atoms with Crippen molar-refractivity contribution in [2.75, 3.05) is 18.8 Å². The lowest BCUT2D eigenvalue weighted by molar-refractivity contribution is -0.132. The van der Waals surface area contributed by atoms with E-state index in [1.165, 1.54) is 0 Å². The molecule has 2 fully saturated rings. The minimum atomic E-state index is -3.16. The maximum Gasteiger partial charge on any atom is 0.223 e. The molecule has 0 saturated carbocycles. The number of pyridine rings is 1. The first-order valence-electron chi connectivity index (χ1n) is 8.64. The van der Waals surface area contributed by atoms with Crippen LogP contribution in [-0.4, -0.2) is 52.9 Å². The second-order valence-electron chi connectivity index (χ2n) is 6.72. The van der Waals surface area contributed by atoms with Crippen molar-refractivity contribution in [2.24, 2.45) is 0 Å². The SMILES string of the molecule is CCS(=O)(=O)N1CCCC2(CCC(=O)N2Cc2cccnc2)CC1. The molecule has 1 atom stereocenters. The van der Waals surface area contributed by atoms with Gasteiger partial charge in [0.15, 0.2) is 0 Å². The summed E-state index contributed by atoms with van der Waals surface area (Å²) in [5.41, 5.74) is 0.819. The molecule has 7 heteroatoms. The predicted octanol–water partition coefficient (Wildman–Crippen LogP) is 1.78. The highest BCUT2D eigenvalue weighted by Gasteiger charge is 2.46. The number of hydrogen-bond donors (Lipinski definition) is 0. The molecular formula is C17H25N3O3S. The first-order chi connectivity index (χ1) is 11.5. The second kappa shape index (κ2) is 6.80. The fraction of sp³-hybridized carbons (Fsp3) is 0.647.